The Labute approximate surface area is 171 Å². The molecular formula is C22H28N2O5. The summed E-state index contributed by atoms with van der Waals surface area (Å²) in [6, 6.07) is 12.4. The molecule has 0 bridgehead atoms. The number of aryl methyl sites for hydroxylation is 1. The fourth-order valence-electron chi connectivity index (χ4n) is 2.60. The summed E-state index contributed by atoms with van der Waals surface area (Å²) in [6.45, 7) is 6.35. The summed E-state index contributed by atoms with van der Waals surface area (Å²) in [7, 11) is 1.51. The van der Waals surface area contributed by atoms with E-state index in [-0.39, 0.29) is 18.4 Å². The number of carbonyl (C=O) groups excluding carboxylic acids is 2. The van der Waals surface area contributed by atoms with Gasteiger partial charge in [-0.2, -0.15) is 0 Å². The molecule has 0 aliphatic heterocycles. The number of methoxy groups -OCH3 is 1. The van der Waals surface area contributed by atoms with E-state index in [4.69, 9.17) is 14.2 Å². The minimum Gasteiger partial charge on any atom is -0.494 e. The van der Waals surface area contributed by atoms with E-state index in [1.807, 2.05) is 45.0 Å². The van der Waals surface area contributed by atoms with Gasteiger partial charge in [0, 0.05) is 12.0 Å². The Bertz CT molecular complexity index is 818. The number of hydrogen-bond donors (Lipinski definition) is 2. The maximum Gasteiger partial charge on any atom is 0.269 e. The molecule has 0 heterocycles. The van der Waals surface area contributed by atoms with Crippen molar-refractivity contribution in [3.05, 3.63) is 53.6 Å². The third-order valence-electron chi connectivity index (χ3n) is 3.98. The summed E-state index contributed by atoms with van der Waals surface area (Å²) < 4.78 is 16.3. The standard InChI is InChI=1S/C22H28N2O5/c1-5-28-18-10-6-16(7-11-18)8-13-21(25)23-24-22(26)17-9-12-19(29-15(2)3)20(14-17)27-4/h6-7,9-12,14-15H,5,8,13H2,1-4H3,(H,23,25)(H,24,26). The van der Waals surface area contributed by atoms with Crippen molar-refractivity contribution >= 4 is 11.8 Å². The Morgan fingerprint density at radius 2 is 1.72 bits per heavy atom. The largest absolute Gasteiger partial charge is 0.494 e. The molecule has 0 saturated carbocycles. The highest BCUT2D eigenvalue weighted by Crippen LogP contribution is 2.28. The van der Waals surface area contributed by atoms with E-state index in [0.717, 1.165) is 11.3 Å². The van der Waals surface area contributed by atoms with Crippen LogP contribution in [0.3, 0.4) is 0 Å². The monoisotopic (exact) mass is 400 g/mol. The molecule has 0 aliphatic rings. The van der Waals surface area contributed by atoms with Gasteiger partial charge in [0.05, 0.1) is 19.8 Å². The van der Waals surface area contributed by atoms with Crippen LogP contribution in [0.15, 0.2) is 42.5 Å². The molecule has 0 unspecified atom stereocenters. The average molecular weight is 400 g/mol. The van der Waals surface area contributed by atoms with Gasteiger partial charge in [-0.25, -0.2) is 0 Å². The smallest absolute Gasteiger partial charge is 0.269 e. The van der Waals surface area contributed by atoms with Gasteiger partial charge >= 0.3 is 0 Å². The van der Waals surface area contributed by atoms with Crippen molar-refractivity contribution in [2.45, 2.75) is 39.7 Å². The molecular weight excluding hydrogens is 372 g/mol. The van der Waals surface area contributed by atoms with Crippen molar-refractivity contribution < 1.29 is 23.8 Å². The zero-order chi connectivity index (χ0) is 21.2. The van der Waals surface area contributed by atoms with Crippen LogP contribution in [0.4, 0.5) is 0 Å². The minimum atomic E-state index is -0.436. The molecule has 156 valence electrons. The second kappa shape index (κ2) is 10.9. The van der Waals surface area contributed by atoms with Crippen LogP contribution in [0.2, 0.25) is 0 Å². The van der Waals surface area contributed by atoms with E-state index in [1.54, 1.807) is 18.2 Å². The highest BCUT2D eigenvalue weighted by molar-refractivity contribution is 5.96. The van der Waals surface area contributed by atoms with Crippen molar-refractivity contribution in [2.24, 2.45) is 0 Å². The normalized spacial score (nSPS) is 10.4. The van der Waals surface area contributed by atoms with Gasteiger partial charge in [0.1, 0.15) is 5.75 Å². The maximum atomic E-state index is 12.3. The fraction of sp³-hybridized carbons (Fsp3) is 0.364. The molecule has 7 heteroatoms. The molecule has 0 fully saturated rings. The molecule has 2 rings (SSSR count). The Balaban J connectivity index is 1.84. The summed E-state index contributed by atoms with van der Waals surface area (Å²) in [4.78, 5) is 24.3. The lowest BCUT2D eigenvalue weighted by Gasteiger charge is -2.14. The average Bonchev–Trinajstić information content (AvgIpc) is 2.71. The number of carbonyl (C=O) groups is 2. The number of nitrogens with one attached hydrogen (secondary N) is 2. The van der Waals surface area contributed by atoms with E-state index in [0.29, 0.717) is 30.1 Å². The Morgan fingerprint density at radius 3 is 2.34 bits per heavy atom. The van der Waals surface area contributed by atoms with E-state index < -0.39 is 5.91 Å². The molecule has 2 N–H and O–H groups in total. The van der Waals surface area contributed by atoms with Gasteiger partial charge in [-0.1, -0.05) is 12.1 Å². The van der Waals surface area contributed by atoms with Gasteiger partial charge in [-0.05, 0) is 63.1 Å². The van der Waals surface area contributed by atoms with Crippen LogP contribution in [0.1, 0.15) is 43.1 Å². The number of amides is 2. The molecule has 0 atom stereocenters. The van der Waals surface area contributed by atoms with Crippen LogP contribution in [-0.4, -0.2) is 31.6 Å². The Morgan fingerprint density at radius 1 is 1.00 bits per heavy atom. The van der Waals surface area contributed by atoms with Crippen LogP contribution >= 0.6 is 0 Å². The number of hydrogen-bond acceptors (Lipinski definition) is 5. The Hall–Kier alpha value is -3.22. The first-order chi connectivity index (χ1) is 13.9. The zero-order valence-corrected chi connectivity index (χ0v) is 17.3. The molecule has 0 aromatic heterocycles. The van der Waals surface area contributed by atoms with Crippen LogP contribution in [0.25, 0.3) is 0 Å². The van der Waals surface area contributed by atoms with Gasteiger partial charge in [-0.3, -0.25) is 20.4 Å². The molecule has 0 aliphatic carbocycles. The van der Waals surface area contributed by atoms with E-state index >= 15 is 0 Å². The molecule has 2 aromatic carbocycles. The van der Waals surface area contributed by atoms with Crippen molar-refractivity contribution in [3.63, 3.8) is 0 Å². The number of hydrazine groups is 1. The van der Waals surface area contributed by atoms with Crippen LogP contribution in [-0.2, 0) is 11.2 Å². The van der Waals surface area contributed by atoms with Gasteiger partial charge in [-0.15, -0.1) is 0 Å². The molecule has 2 aromatic rings. The van der Waals surface area contributed by atoms with Crippen molar-refractivity contribution in [3.8, 4) is 17.2 Å². The van der Waals surface area contributed by atoms with Crippen molar-refractivity contribution in [1.29, 1.82) is 0 Å². The summed E-state index contributed by atoms with van der Waals surface area (Å²) in [5.74, 6) is 1.09. The lowest BCUT2D eigenvalue weighted by Crippen LogP contribution is -2.41. The third-order valence-corrected chi connectivity index (χ3v) is 3.98. The highest BCUT2D eigenvalue weighted by Gasteiger charge is 2.13. The third kappa shape index (κ3) is 7.03. The molecule has 0 radical (unpaired) electrons. The first-order valence-electron chi connectivity index (χ1n) is 9.58. The highest BCUT2D eigenvalue weighted by atomic mass is 16.5. The van der Waals surface area contributed by atoms with E-state index in [2.05, 4.69) is 10.9 Å². The van der Waals surface area contributed by atoms with Crippen molar-refractivity contribution in [2.75, 3.05) is 13.7 Å². The summed E-state index contributed by atoms with van der Waals surface area (Å²) in [6.07, 6.45) is 0.792. The van der Waals surface area contributed by atoms with Crippen molar-refractivity contribution in [1.82, 2.24) is 10.9 Å². The predicted molar refractivity (Wildman–Crippen MR) is 110 cm³/mol. The van der Waals surface area contributed by atoms with Gasteiger partial charge in [0.15, 0.2) is 11.5 Å². The summed E-state index contributed by atoms with van der Waals surface area (Å²) in [5, 5.41) is 0. The number of ether oxygens (including phenoxy) is 3. The van der Waals surface area contributed by atoms with Gasteiger partial charge in [0.2, 0.25) is 5.91 Å². The van der Waals surface area contributed by atoms with Crippen LogP contribution in [0.5, 0.6) is 17.2 Å². The number of rotatable bonds is 9. The molecule has 29 heavy (non-hydrogen) atoms. The first kappa shape index (κ1) is 22.1. The number of benzene rings is 2. The Kier molecular flexibility index (Phi) is 8.33. The summed E-state index contributed by atoms with van der Waals surface area (Å²) in [5.41, 5.74) is 6.22. The van der Waals surface area contributed by atoms with Crippen LogP contribution < -0.4 is 25.1 Å². The molecule has 7 nitrogen and oxygen atoms in total. The quantitative estimate of drug-likeness (QED) is 0.631. The predicted octanol–water partition coefficient (Wildman–Crippen LogP) is 3.27. The zero-order valence-electron chi connectivity index (χ0n) is 17.3. The van der Waals surface area contributed by atoms with E-state index in [1.165, 1.54) is 7.11 Å². The second-order valence-corrected chi connectivity index (χ2v) is 6.61. The first-order valence-corrected chi connectivity index (χ1v) is 9.58. The molecule has 0 saturated heterocycles. The fourth-order valence-corrected chi connectivity index (χ4v) is 2.60. The van der Waals surface area contributed by atoms with Crippen LogP contribution in [0, 0.1) is 0 Å². The minimum absolute atomic E-state index is 0.0155. The SMILES string of the molecule is CCOc1ccc(CCC(=O)NNC(=O)c2ccc(OC(C)C)c(OC)c2)cc1. The molecule has 0 spiro atoms. The molecule has 2 amide bonds. The lowest BCUT2D eigenvalue weighted by atomic mass is 10.1. The summed E-state index contributed by atoms with van der Waals surface area (Å²) >= 11 is 0. The van der Waals surface area contributed by atoms with E-state index in [9.17, 15) is 9.59 Å². The van der Waals surface area contributed by atoms with Gasteiger partial charge < -0.3 is 14.2 Å². The topological polar surface area (TPSA) is 85.9 Å². The van der Waals surface area contributed by atoms with Gasteiger partial charge in [0.25, 0.3) is 5.91 Å². The maximum absolute atomic E-state index is 12.3. The lowest BCUT2D eigenvalue weighted by molar-refractivity contribution is -0.121. The second-order valence-electron chi connectivity index (χ2n) is 6.61.